The molecule has 21 heavy (non-hydrogen) atoms. The first-order chi connectivity index (χ1) is 10.1. The Balaban J connectivity index is 2.31. The molecule has 0 aromatic heterocycles. The van der Waals surface area contributed by atoms with Crippen LogP contribution in [-0.4, -0.2) is 44.2 Å². The van der Waals surface area contributed by atoms with Crippen LogP contribution >= 0.6 is 0 Å². The van der Waals surface area contributed by atoms with Gasteiger partial charge >= 0.3 is 0 Å². The summed E-state index contributed by atoms with van der Waals surface area (Å²) >= 11 is 0. The normalized spacial score (nSPS) is 22.5. The number of benzene rings is 1. The number of nitrogens with two attached hydrogens (primary N) is 1. The molecule has 5 nitrogen and oxygen atoms in total. The fourth-order valence-corrected chi connectivity index (χ4v) is 2.73. The molecular weight excluding hydrogens is 275 g/mol. The van der Waals surface area contributed by atoms with Crippen molar-refractivity contribution in [2.45, 2.75) is 24.9 Å². The number of hydrogen-bond donors (Lipinski definition) is 1. The Morgan fingerprint density at radius 1 is 1.43 bits per heavy atom. The summed E-state index contributed by atoms with van der Waals surface area (Å²) < 4.78 is 23.9. The van der Waals surface area contributed by atoms with E-state index in [1.165, 1.54) is 13.2 Å². The highest BCUT2D eigenvalue weighted by Gasteiger charge is 2.34. The molecule has 1 heterocycles. The van der Waals surface area contributed by atoms with Gasteiger partial charge in [-0.3, -0.25) is 4.79 Å². The predicted molar refractivity (Wildman–Crippen MR) is 76.5 cm³/mol. The molecule has 2 rings (SSSR count). The van der Waals surface area contributed by atoms with Crippen LogP contribution in [0.1, 0.15) is 24.4 Å². The minimum Gasteiger partial charge on any atom is -0.494 e. The number of nitrogens with zero attached hydrogens (tertiary/aromatic N) is 1. The van der Waals surface area contributed by atoms with Gasteiger partial charge in [0.25, 0.3) is 0 Å². The van der Waals surface area contributed by atoms with E-state index in [1.54, 1.807) is 24.1 Å². The summed E-state index contributed by atoms with van der Waals surface area (Å²) in [5.74, 6) is -0.250. The number of likely N-dealkylation sites (tertiary alicyclic amines) is 1. The molecule has 2 N–H and O–H groups in total. The summed E-state index contributed by atoms with van der Waals surface area (Å²) in [6.45, 7) is 0.870. The summed E-state index contributed by atoms with van der Waals surface area (Å²) in [5.41, 5.74) is 6.85. The standard InChI is InChI=1S/C15H21FN2O3/c1-20-8-7-18-14(19)6-4-12(17)15(18)10-3-5-13(21-2)11(16)9-10/h3,5,9,12,15H,4,6-8,17H2,1-2H3. The van der Waals surface area contributed by atoms with E-state index >= 15 is 0 Å². The topological polar surface area (TPSA) is 64.8 Å². The highest BCUT2D eigenvalue weighted by atomic mass is 19.1. The van der Waals surface area contributed by atoms with Crippen LogP contribution in [0.15, 0.2) is 18.2 Å². The third-order valence-electron chi connectivity index (χ3n) is 3.81. The zero-order valence-electron chi connectivity index (χ0n) is 12.3. The zero-order valence-corrected chi connectivity index (χ0v) is 12.3. The highest BCUT2D eigenvalue weighted by molar-refractivity contribution is 5.78. The van der Waals surface area contributed by atoms with Gasteiger partial charge in [0.1, 0.15) is 0 Å². The Kier molecular flexibility index (Phi) is 5.14. The molecule has 1 amide bonds. The first-order valence-electron chi connectivity index (χ1n) is 6.96. The Morgan fingerprint density at radius 3 is 2.81 bits per heavy atom. The van der Waals surface area contributed by atoms with Crippen LogP contribution in [0, 0.1) is 5.82 Å². The van der Waals surface area contributed by atoms with Gasteiger partial charge in [0, 0.05) is 26.1 Å². The van der Waals surface area contributed by atoms with Crippen molar-refractivity contribution in [1.29, 1.82) is 0 Å². The van der Waals surface area contributed by atoms with Crippen molar-refractivity contribution < 1.29 is 18.7 Å². The molecule has 1 aliphatic heterocycles. The number of carbonyl (C=O) groups is 1. The quantitative estimate of drug-likeness (QED) is 0.893. The Morgan fingerprint density at radius 2 is 2.19 bits per heavy atom. The second-order valence-electron chi connectivity index (χ2n) is 5.12. The van der Waals surface area contributed by atoms with Gasteiger partial charge in [-0.05, 0) is 24.1 Å². The molecule has 1 fully saturated rings. The minimum absolute atomic E-state index is 0.0231. The zero-order chi connectivity index (χ0) is 15.4. The van der Waals surface area contributed by atoms with Gasteiger partial charge in [0.05, 0.1) is 19.8 Å². The van der Waals surface area contributed by atoms with Crippen molar-refractivity contribution in [3.8, 4) is 5.75 Å². The maximum atomic E-state index is 13.9. The van der Waals surface area contributed by atoms with E-state index in [0.717, 1.165) is 0 Å². The largest absolute Gasteiger partial charge is 0.494 e. The third kappa shape index (κ3) is 3.33. The minimum atomic E-state index is -0.452. The van der Waals surface area contributed by atoms with Crippen LogP contribution in [0.2, 0.25) is 0 Å². The van der Waals surface area contributed by atoms with Gasteiger partial charge in [-0.15, -0.1) is 0 Å². The molecule has 1 saturated heterocycles. The van der Waals surface area contributed by atoms with Crippen LogP contribution in [0.25, 0.3) is 0 Å². The molecule has 0 aliphatic carbocycles. The number of rotatable bonds is 5. The van der Waals surface area contributed by atoms with Gasteiger partial charge in [-0.1, -0.05) is 6.07 Å². The van der Waals surface area contributed by atoms with E-state index in [-0.39, 0.29) is 23.7 Å². The fourth-order valence-electron chi connectivity index (χ4n) is 2.73. The fraction of sp³-hybridized carbons (Fsp3) is 0.533. The average molecular weight is 296 g/mol. The van der Waals surface area contributed by atoms with E-state index in [4.69, 9.17) is 15.2 Å². The van der Waals surface area contributed by atoms with Crippen molar-refractivity contribution in [1.82, 2.24) is 4.90 Å². The van der Waals surface area contributed by atoms with E-state index in [1.807, 2.05) is 0 Å². The number of amides is 1. The van der Waals surface area contributed by atoms with Gasteiger partial charge in [-0.25, -0.2) is 4.39 Å². The molecule has 6 heteroatoms. The Bertz CT molecular complexity index is 510. The predicted octanol–water partition coefficient (Wildman–Crippen LogP) is 1.47. The lowest BCUT2D eigenvalue weighted by Crippen LogP contribution is -2.49. The molecule has 2 unspecified atom stereocenters. The first kappa shape index (κ1) is 15.7. The smallest absolute Gasteiger partial charge is 0.223 e. The number of carbonyl (C=O) groups excluding carboxylic acids is 1. The molecule has 1 aliphatic rings. The number of methoxy groups -OCH3 is 2. The van der Waals surface area contributed by atoms with Crippen LogP contribution < -0.4 is 10.5 Å². The Hall–Kier alpha value is -1.66. The lowest BCUT2D eigenvalue weighted by molar-refractivity contribution is -0.138. The molecule has 116 valence electrons. The third-order valence-corrected chi connectivity index (χ3v) is 3.81. The van der Waals surface area contributed by atoms with E-state index in [0.29, 0.717) is 31.6 Å². The molecule has 2 atom stereocenters. The van der Waals surface area contributed by atoms with E-state index in [2.05, 4.69) is 0 Å². The molecule has 0 radical (unpaired) electrons. The van der Waals surface area contributed by atoms with Crippen molar-refractivity contribution in [3.05, 3.63) is 29.6 Å². The van der Waals surface area contributed by atoms with Crippen molar-refractivity contribution in [2.75, 3.05) is 27.4 Å². The average Bonchev–Trinajstić information content (AvgIpc) is 2.48. The number of ether oxygens (including phenoxy) is 2. The van der Waals surface area contributed by atoms with Crippen molar-refractivity contribution in [3.63, 3.8) is 0 Å². The van der Waals surface area contributed by atoms with Gasteiger partial charge in [0.2, 0.25) is 5.91 Å². The maximum absolute atomic E-state index is 13.9. The van der Waals surface area contributed by atoms with Crippen LogP contribution in [-0.2, 0) is 9.53 Å². The maximum Gasteiger partial charge on any atom is 0.223 e. The second-order valence-corrected chi connectivity index (χ2v) is 5.12. The van der Waals surface area contributed by atoms with Crippen LogP contribution in [0.4, 0.5) is 4.39 Å². The molecule has 0 bridgehead atoms. The monoisotopic (exact) mass is 296 g/mol. The van der Waals surface area contributed by atoms with Gasteiger partial charge in [-0.2, -0.15) is 0 Å². The van der Waals surface area contributed by atoms with Gasteiger partial charge < -0.3 is 20.1 Å². The van der Waals surface area contributed by atoms with E-state index in [9.17, 15) is 9.18 Å². The van der Waals surface area contributed by atoms with Crippen LogP contribution in [0.5, 0.6) is 5.75 Å². The van der Waals surface area contributed by atoms with Gasteiger partial charge in [0.15, 0.2) is 11.6 Å². The summed E-state index contributed by atoms with van der Waals surface area (Å²) in [4.78, 5) is 13.8. The summed E-state index contributed by atoms with van der Waals surface area (Å²) in [6.07, 6.45) is 1.01. The first-order valence-corrected chi connectivity index (χ1v) is 6.96. The SMILES string of the molecule is COCCN1C(=O)CCC(N)C1c1ccc(OC)c(F)c1. The van der Waals surface area contributed by atoms with Crippen LogP contribution in [0.3, 0.4) is 0 Å². The lowest BCUT2D eigenvalue weighted by atomic mass is 9.90. The highest BCUT2D eigenvalue weighted by Crippen LogP contribution is 2.32. The molecule has 0 spiro atoms. The molecular formula is C15H21FN2O3. The second kappa shape index (κ2) is 6.87. The molecule has 0 saturated carbocycles. The summed E-state index contributed by atoms with van der Waals surface area (Å²) in [6, 6.07) is 4.16. The van der Waals surface area contributed by atoms with E-state index < -0.39 is 5.82 Å². The van der Waals surface area contributed by atoms with Crippen molar-refractivity contribution >= 4 is 5.91 Å². The Labute approximate surface area is 123 Å². The summed E-state index contributed by atoms with van der Waals surface area (Å²) in [5, 5.41) is 0. The molecule has 1 aromatic carbocycles. The van der Waals surface area contributed by atoms with Crippen molar-refractivity contribution in [2.24, 2.45) is 5.73 Å². The number of hydrogen-bond acceptors (Lipinski definition) is 4. The lowest BCUT2D eigenvalue weighted by Gasteiger charge is -2.40. The summed E-state index contributed by atoms with van der Waals surface area (Å²) in [7, 11) is 3.00. The number of piperidine rings is 1. The molecule has 1 aromatic rings. The number of halogens is 1.